The van der Waals surface area contributed by atoms with Gasteiger partial charge in [0.15, 0.2) is 5.65 Å². The van der Waals surface area contributed by atoms with Gasteiger partial charge in [0.25, 0.3) is 0 Å². The van der Waals surface area contributed by atoms with E-state index in [1.807, 2.05) is 7.05 Å². The second kappa shape index (κ2) is 6.01. The molecule has 0 aliphatic carbocycles. The SMILES string of the molecule is CN(Cc1ccsc1)c1ncnc2c1cnn2-c1ccc(F)cc1. The quantitative estimate of drug-likeness (QED) is 0.569. The van der Waals surface area contributed by atoms with Crippen molar-refractivity contribution in [2.24, 2.45) is 0 Å². The maximum absolute atomic E-state index is 13.1. The Morgan fingerprint density at radius 3 is 2.75 bits per heavy atom. The molecule has 0 fully saturated rings. The molecule has 120 valence electrons. The lowest BCUT2D eigenvalue weighted by atomic mass is 10.3. The first-order valence-corrected chi connectivity index (χ1v) is 8.33. The fourth-order valence-electron chi connectivity index (χ4n) is 2.64. The van der Waals surface area contributed by atoms with Gasteiger partial charge in [-0.3, -0.25) is 0 Å². The second-order valence-electron chi connectivity index (χ2n) is 5.46. The van der Waals surface area contributed by atoms with Crippen LogP contribution in [0.25, 0.3) is 16.7 Å². The summed E-state index contributed by atoms with van der Waals surface area (Å²) in [4.78, 5) is 10.8. The number of benzene rings is 1. The van der Waals surface area contributed by atoms with E-state index in [1.54, 1.807) is 34.3 Å². The van der Waals surface area contributed by atoms with Crippen LogP contribution in [0.1, 0.15) is 5.56 Å². The van der Waals surface area contributed by atoms with Crippen molar-refractivity contribution in [3.05, 3.63) is 65.0 Å². The van der Waals surface area contributed by atoms with Crippen LogP contribution in [-0.4, -0.2) is 26.8 Å². The molecule has 7 heteroatoms. The molecule has 0 saturated heterocycles. The molecule has 0 bridgehead atoms. The number of hydrogen-bond donors (Lipinski definition) is 0. The zero-order valence-corrected chi connectivity index (χ0v) is 13.7. The third-order valence-electron chi connectivity index (χ3n) is 3.78. The molecule has 0 N–H and O–H groups in total. The van der Waals surface area contributed by atoms with Gasteiger partial charge in [-0.05, 0) is 46.7 Å². The highest BCUT2D eigenvalue weighted by atomic mass is 32.1. The highest BCUT2D eigenvalue weighted by Gasteiger charge is 2.14. The topological polar surface area (TPSA) is 46.8 Å². The first kappa shape index (κ1) is 14.8. The number of thiophene rings is 1. The lowest BCUT2D eigenvalue weighted by molar-refractivity contribution is 0.627. The number of nitrogens with zero attached hydrogens (tertiary/aromatic N) is 5. The van der Waals surface area contributed by atoms with Crippen LogP contribution in [-0.2, 0) is 6.54 Å². The van der Waals surface area contributed by atoms with Gasteiger partial charge in [-0.15, -0.1) is 0 Å². The van der Waals surface area contributed by atoms with Crippen molar-refractivity contribution in [1.82, 2.24) is 19.7 Å². The Morgan fingerprint density at radius 2 is 2.00 bits per heavy atom. The minimum absolute atomic E-state index is 0.277. The Hall–Kier alpha value is -2.80. The summed E-state index contributed by atoms with van der Waals surface area (Å²) < 4.78 is 14.8. The first-order chi connectivity index (χ1) is 11.7. The molecule has 0 aliphatic heterocycles. The largest absolute Gasteiger partial charge is 0.355 e. The summed E-state index contributed by atoms with van der Waals surface area (Å²) in [7, 11) is 1.99. The van der Waals surface area contributed by atoms with Crippen LogP contribution < -0.4 is 4.90 Å². The van der Waals surface area contributed by atoms with E-state index in [-0.39, 0.29) is 5.82 Å². The Morgan fingerprint density at radius 1 is 1.17 bits per heavy atom. The van der Waals surface area contributed by atoms with Gasteiger partial charge in [0.1, 0.15) is 18.0 Å². The standard InChI is InChI=1S/C17H14FN5S/c1-22(9-12-6-7-24-10-12)16-15-8-21-23(17(15)20-11-19-16)14-4-2-13(18)3-5-14/h2-8,10-11H,9H2,1H3. The Balaban J connectivity index is 1.74. The van der Waals surface area contributed by atoms with Crippen molar-refractivity contribution in [3.63, 3.8) is 0 Å². The van der Waals surface area contributed by atoms with E-state index in [0.717, 1.165) is 23.4 Å². The summed E-state index contributed by atoms with van der Waals surface area (Å²) in [6, 6.07) is 8.28. The average molecular weight is 339 g/mol. The molecule has 3 heterocycles. The zero-order chi connectivity index (χ0) is 16.5. The third kappa shape index (κ3) is 2.63. The molecule has 0 atom stereocenters. The average Bonchev–Trinajstić information content (AvgIpc) is 3.24. The summed E-state index contributed by atoms with van der Waals surface area (Å²) >= 11 is 1.68. The Labute approximate surface area is 142 Å². The predicted octanol–water partition coefficient (Wildman–Crippen LogP) is 3.65. The number of fused-ring (bicyclic) bond motifs is 1. The van der Waals surface area contributed by atoms with Crippen LogP contribution in [0, 0.1) is 5.82 Å². The summed E-state index contributed by atoms with van der Waals surface area (Å²) in [6.45, 7) is 0.761. The predicted molar refractivity (Wildman–Crippen MR) is 93.0 cm³/mol. The molecule has 4 rings (SSSR count). The summed E-state index contributed by atoms with van der Waals surface area (Å²) in [5, 5.41) is 9.45. The van der Waals surface area contributed by atoms with Gasteiger partial charge >= 0.3 is 0 Å². The van der Waals surface area contributed by atoms with Crippen molar-refractivity contribution < 1.29 is 4.39 Å². The zero-order valence-electron chi connectivity index (χ0n) is 12.9. The smallest absolute Gasteiger partial charge is 0.168 e. The van der Waals surface area contributed by atoms with Crippen LogP contribution >= 0.6 is 11.3 Å². The van der Waals surface area contributed by atoms with Gasteiger partial charge in [0, 0.05) is 13.6 Å². The normalized spacial score (nSPS) is 11.1. The molecule has 0 saturated carbocycles. The first-order valence-electron chi connectivity index (χ1n) is 7.39. The fourth-order valence-corrected chi connectivity index (χ4v) is 3.30. The van der Waals surface area contributed by atoms with Crippen LogP contribution in [0.3, 0.4) is 0 Å². The molecule has 1 aromatic carbocycles. The third-order valence-corrected chi connectivity index (χ3v) is 4.51. The van der Waals surface area contributed by atoms with Gasteiger partial charge in [-0.2, -0.15) is 16.4 Å². The number of anilines is 1. The van der Waals surface area contributed by atoms with Crippen molar-refractivity contribution >= 4 is 28.2 Å². The van der Waals surface area contributed by atoms with E-state index in [9.17, 15) is 4.39 Å². The Bertz CT molecular complexity index is 962. The van der Waals surface area contributed by atoms with E-state index in [1.165, 1.54) is 24.0 Å². The lowest BCUT2D eigenvalue weighted by Crippen LogP contribution is -2.17. The van der Waals surface area contributed by atoms with E-state index in [4.69, 9.17) is 0 Å². The summed E-state index contributed by atoms with van der Waals surface area (Å²) in [5.74, 6) is 0.542. The molecule has 0 spiro atoms. The van der Waals surface area contributed by atoms with E-state index in [0.29, 0.717) is 5.65 Å². The molecular formula is C17H14FN5S. The molecule has 0 amide bonds. The molecule has 0 unspecified atom stereocenters. The molecule has 3 aromatic heterocycles. The van der Waals surface area contributed by atoms with Gasteiger partial charge in [0.2, 0.25) is 0 Å². The minimum atomic E-state index is -0.277. The second-order valence-corrected chi connectivity index (χ2v) is 6.24. The highest BCUT2D eigenvalue weighted by Crippen LogP contribution is 2.25. The summed E-state index contributed by atoms with van der Waals surface area (Å²) in [5.41, 5.74) is 2.69. The number of halogens is 1. The molecule has 24 heavy (non-hydrogen) atoms. The van der Waals surface area contributed by atoms with E-state index >= 15 is 0 Å². The molecule has 5 nitrogen and oxygen atoms in total. The summed E-state index contributed by atoms with van der Waals surface area (Å²) in [6.07, 6.45) is 3.28. The number of aromatic nitrogens is 4. The molecule has 0 radical (unpaired) electrons. The maximum atomic E-state index is 13.1. The van der Waals surface area contributed by atoms with Gasteiger partial charge < -0.3 is 4.90 Å². The van der Waals surface area contributed by atoms with Gasteiger partial charge in [-0.1, -0.05) is 0 Å². The number of rotatable bonds is 4. The monoisotopic (exact) mass is 339 g/mol. The molecular weight excluding hydrogens is 325 g/mol. The number of hydrogen-bond acceptors (Lipinski definition) is 5. The van der Waals surface area contributed by atoms with Crippen molar-refractivity contribution in [3.8, 4) is 5.69 Å². The molecule has 4 aromatic rings. The van der Waals surface area contributed by atoms with Crippen molar-refractivity contribution in [2.75, 3.05) is 11.9 Å². The molecule has 0 aliphatic rings. The highest BCUT2D eigenvalue weighted by molar-refractivity contribution is 7.07. The lowest BCUT2D eigenvalue weighted by Gasteiger charge is -2.17. The van der Waals surface area contributed by atoms with Gasteiger partial charge in [0.05, 0.1) is 17.3 Å². The Kier molecular flexibility index (Phi) is 3.70. The minimum Gasteiger partial charge on any atom is -0.355 e. The maximum Gasteiger partial charge on any atom is 0.168 e. The van der Waals surface area contributed by atoms with Crippen molar-refractivity contribution in [1.29, 1.82) is 0 Å². The fraction of sp³-hybridized carbons (Fsp3) is 0.118. The van der Waals surface area contributed by atoms with Crippen LogP contribution in [0.15, 0.2) is 53.6 Å². The van der Waals surface area contributed by atoms with E-state index < -0.39 is 0 Å². The van der Waals surface area contributed by atoms with E-state index in [2.05, 4.69) is 36.8 Å². The van der Waals surface area contributed by atoms with Crippen LogP contribution in [0.5, 0.6) is 0 Å². The van der Waals surface area contributed by atoms with Gasteiger partial charge in [-0.25, -0.2) is 19.0 Å². The van der Waals surface area contributed by atoms with Crippen molar-refractivity contribution in [2.45, 2.75) is 6.54 Å². The van der Waals surface area contributed by atoms with Crippen LogP contribution in [0.4, 0.5) is 10.2 Å². The van der Waals surface area contributed by atoms with Crippen LogP contribution in [0.2, 0.25) is 0 Å².